The van der Waals surface area contributed by atoms with Gasteiger partial charge in [-0.3, -0.25) is 4.79 Å². The highest BCUT2D eigenvalue weighted by molar-refractivity contribution is 7.89. The van der Waals surface area contributed by atoms with Crippen LogP contribution in [-0.4, -0.2) is 45.4 Å². The van der Waals surface area contributed by atoms with E-state index in [0.717, 1.165) is 12.8 Å². The van der Waals surface area contributed by atoms with E-state index in [2.05, 4.69) is 5.32 Å². The molecule has 0 radical (unpaired) electrons. The third-order valence-corrected chi connectivity index (χ3v) is 7.18. The lowest BCUT2D eigenvalue weighted by atomic mass is 10.1. The molecule has 1 aromatic rings. The fourth-order valence-corrected chi connectivity index (χ4v) is 5.26. The molecule has 3 N–H and O–H groups in total. The minimum atomic E-state index is -3.82. The second kappa shape index (κ2) is 8.47. The van der Waals surface area contributed by atoms with Gasteiger partial charge in [0.15, 0.2) is 0 Å². The summed E-state index contributed by atoms with van der Waals surface area (Å²) in [4.78, 5) is 12.6. The van der Waals surface area contributed by atoms with Gasteiger partial charge in [0.2, 0.25) is 26.0 Å². The monoisotopic (exact) mass is 403 g/mol. The van der Waals surface area contributed by atoms with Crippen molar-refractivity contribution in [1.82, 2.24) is 9.62 Å². The lowest BCUT2D eigenvalue weighted by Gasteiger charge is -2.25. The van der Waals surface area contributed by atoms with Crippen molar-refractivity contribution < 1.29 is 21.6 Å². The Labute approximate surface area is 154 Å². The van der Waals surface area contributed by atoms with Gasteiger partial charge in [-0.15, -0.1) is 0 Å². The highest BCUT2D eigenvalue weighted by Gasteiger charge is 2.37. The Bertz CT molecular complexity index is 852. The number of unbranched alkanes of at least 4 members (excludes halogenated alkanes) is 1. The molecule has 26 heavy (non-hydrogen) atoms. The van der Waals surface area contributed by atoms with Gasteiger partial charge in [-0.05, 0) is 30.5 Å². The van der Waals surface area contributed by atoms with E-state index in [1.165, 1.54) is 16.4 Å². The summed E-state index contributed by atoms with van der Waals surface area (Å²) >= 11 is 0. The highest BCUT2D eigenvalue weighted by Crippen LogP contribution is 2.21. The van der Waals surface area contributed by atoms with Crippen LogP contribution in [0.5, 0.6) is 0 Å². The molecule has 1 atom stereocenters. The number of primary sulfonamides is 1. The number of rotatable bonds is 8. The molecule has 1 aliphatic heterocycles. The first-order valence-electron chi connectivity index (χ1n) is 8.54. The molecule has 10 heteroatoms. The van der Waals surface area contributed by atoms with Crippen LogP contribution < -0.4 is 10.5 Å². The maximum absolute atomic E-state index is 12.6. The van der Waals surface area contributed by atoms with Gasteiger partial charge >= 0.3 is 0 Å². The summed E-state index contributed by atoms with van der Waals surface area (Å²) in [5.41, 5.74) is 0.573. The molecule has 1 aromatic carbocycles. The molecular formula is C16H25N3O5S2. The molecule has 146 valence electrons. The Balaban J connectivity index is 2.10. The molecule has 0 bridgehead atoms. The number of hydrogen-bond donors (Lipinski definition) is 2. The first-order valence-corrected chi connectivity index (χ1v) is 11.7. The van der Waals surface area contributed by atoms with Crippen molar-refractivity contribution in [2.24, 2.45) is 5.14 Å². The average molecular weight is 404 g/mol. The van der Waals surface area contributed by atoms with Gasteiger partial charge in [-0.1, -0.05) is 31.9 Å². The topological polar surface area (TPSA) is 127 Å². The summed E-state index contributed by atoms with van der Waals surface area (Å²) in [6, 6.07) is 5.25. The van der Waals surface area contributed by atoms with Crippen molar-refractivity contribution >= 4 is 26.0 Å². The fraction of sp³-hybridized carbons (Fsp3) is 0.562. The lowest BCUT2D eigenvalue weighted by Crippen LogP contribution is -2.47. The Hall–Kier alpha value is -1.49. The molecule has 0 unspecified atom stereocenters. The molecular weight excluding hydrogens is 378 g/mol. The molecule has 1 saturated heterocycles. The van der Waals surface area contributed by atoms with Crippen LogP contribution in [0.3, 0.4) is 0 Å². The number of carbonyl (C=O) groups is 1. The van der Waals surface area contributed by atoms with Crippen LogP contribution >= 0.6 is 0 Å². The Morgan fingerprint density at radius 2 is 2.12 bits per heavy atom. The third-order valence-electron chi connectivity index (χ3n) is 4.31. The third kappa shape index (κ3) is 5.26. The van der Waals surface area contributed by atoms with Gasteiger partial charge in [0.05, 0.1) is 10.6 Å². The van der Waals surface area contributed by atoms with Crippen LogP contribution in [0.4, 0.5) is 0 Å². The molecule has 1 aliphatic rings. The minimum Gasteiger partial charge on any atom is -0.351 e. The lowest BCUT2D eigenvalue weighted by molar-refractivity contribution is -0.125. The summed E-state index contributed by atoms with van der Waals surface area (Å²) in [7, 11) is -7.22. The second-order valence-corrected chi connectivity index (χ2v) is 9.95. The Morgan fingerprint density at radius 1 is 1.38 bits per heavy atom. The molecule has 8 nitrogen and oxygen atoms in total. The SMILES string of the molecule is CCCC[C@H](C(=O)NCc1cccc(S(N)(=O)=O)c1)N1CCCS1(=O)=O. The minimum absolute atomic E-state index is 0.0334. The number of carbonyl (C=O) groups excluding carboxylic acids is 1. The summed E-state index contributed by atoms with van der Waals surface area (Å²) in [5.74, 6) is -0.302. The van der Waals surface area contributed by atoms with Gasteiger partial charge in [0.25, 0.3) is 0 Å². The molecule has 0 spiro atoms. The predicted molar refractivity (Wildman–Crippen MR) is 98.1 cm³/mol. The van der Waals surface area contributed by atoms with E-state index >= 15 is 0 Å². The fourth-order valence-electron chi connectivity index (χ4n) is 2.95. The Kier molecular flexibility index (Phi) is 6.78. The van der Waals surface area contributed by atoms with Crippen molar-refractivity contribution in [1.29, 1.82) is 0 Å². The van der Waals surface area contributed by atoms with E-state index in [1.54, 1.807) is 12.1 Å². The largest absolute Gasteiger partial charge is 0.351 e. The molecule has 1 heterocycles. The summed E-state index contributed by atoms with van der Waals surface area (Å²) in [6.45, 7) is 2.43. The zero-order chi connectivity index (χ0) is 19.4. The normalized spacial score (nSPS) is 18.5. The van der Waals surface area contributed by atoms with E-state index in [4.69, 9.17) is 5.14 Å². The van der Waals surface area contributed by atoms with Crippen LogP contribution in [0.1, 0.15) is 38.2 Å². The van der Waals surface area contributed by atoms with Crippen molar-refractivity contribution in [2.45, 2.75) is 50.1 Å². The van der Waals surface area contributed by atoms with E-state index in [-0.39, 0.29) is 23.1 Å². The van der Waals surface area contributed by atoms with Gasteiger partial charge in [-0.2, -0.15) is 4.31 Å². The zero-order valence-corrected chi connectivity index (χ0v) is 16.4. The molecule has 1 fully saturated rings. The predicted octanol–water partition coefficient (Wildman–Crippen LogP) is 0.545. The van der Waals surface area contributed by atoms with Crippen molar-refractivity contribution in [3.05, 3.63) is 29.8 Å². The smallest absolute Gasteiger partial charge is 0.238 e. The highest BCUT2D eigenvalue weighted by atomic mass is 32.2. The number of sulfonamides is 2. The van der Waals surface area contributed by atoms with Crippen LogP contribution in [0.25, 0.3) is 0 Å². The second-order valence-electron chi connectivity index (χ2n) is 6.35. The maximum Gasteiger partial charge on any atom is 0.238 e. The van der Waals surface area contributed by atoms with Crippen LogP contribution in [0, 0.1) is 0 Å². The van der Waals surface area contributed by atoms with Gasteiger partial charge in [0.1, 0.15) is 6.04 Å². The zero-order valence-electron chi connectivity index (χ0n) is 14.7. The van der Waals surface area contributed by atoms with E-state index in [1.807, 2.05) is 6.92 Å². The standard InChI is InChI=1S/C16H25N3O5S2/c1-2-3-8-15(19-9-5-10-25(19,21)22)16(20)18-12-13-6-4-7-14(11-13)26(17,23)24/h4,6-7,11,15H,2-3,5,8-10,12H2,1H3,(H,18,20)(H2,17,23,24)/t15-/m1/s1. The molecule has 2 rings (SSSR count). The number of nitrogens with one attached hydrogen (secondary N) is 1. The molecule has 0 saturated carbocycles. The quantitative estimate of drug-likeness (QED) is 0.655. The Morgan fingerprint density at radius 3 is 2.69 bits per heavy atom. The number of hydrogen-bond acceptors (Lipinski definition) is 5. The average Bonchev–Trinajstić information content (AvgIpc) is 2.92. The summed E-state index contributed by atoms with van der Waals surface area (Å²) in [6.07, 6.45) is 2.58. The van der Waals surface area contributed by atoms with Crippen LogP contribution in [-0.2, 0) is 31.4 Å². The summed E-state index contributed by atoms with van der Waals surface area (Å²) in [5, 5.41) is 7.83. The van der Waals surface area contributed by atoms with Crippen molar-refractivity contribution in [3.8, 4) is 0 Å². The number of amides is 1. The molecule has 0 aliphatic carbocycles. The van der Waals surface area contributed by atoms with E-state index in [9.17, 15) is 21.6 Å². The number of benzene rings is 1. The van der Waals surface area contributed by atoms with Gasteiger partial charge < -0.3 is 5.32 Å². The van der Waals surface area contributed by atoms with E-state index < -0.39 is 26.1 Å². The summed E-state index contributed by atoms with van der Waals surface area (Å²) < 4.78 is 48.4. The molecule has 0 aromatic heterocycles. The maximum atomic E-state index is 12.6. The van der Waals surface area contributed by atoms with Gasteiger partial charge in [-0.25, -0.2) is 22.0 Å². The van der Waals surface area contributed by atoms with Crippen LogP contribution in [0.2, 0.25) is 0 Å². The van der Waals surface area contributed by atoms with E-state index in [0.29, 0.717) is 24.9 Å². The van der Waals surface area contributed by atoms with Crippen molar-refractivity contribution in [2.75, 3.05) is 12.3 Å². The van der Waals surface area contributed by atoms with Gasteiger partial charge in [0, 0.05) is 13.1 Å². The first-order chi connectivity index (χ1) is 12.1. The number of nitrogens with two attached hydrogens (primary N) is 1. The van der Waals surface area contributed by atoms with Crippen molar-refractivity contribution in [3.63, 3.8) is 0 Å². The first kappa shape index (κ1) is 20.8. The number of nitrogens with zero attached hydrogens (tertiary/aromatic N) is 1. The van der Waals surface area contributed by atoms with Crippen LogP contribution in [0.15, 0.2) is 29.2 Å². The molecule has 1 amide bonds.